The topological polar surface area (TPSA) is 88.8 Å². The third-order valence-electron chi connectivity index (χ3n) is 4.35. The van der Waals surface area contributed by atoms with Gasteiger partial charge in [-0.25, -0.2) is 19.6 Å². The summed E-state index contributed by atoms with van der Waals surface area (Å²) in [6.07, 6.45) is 9.84. The van der Waals surface area contributed by atoms with Crippen molar-refractivity contribution in [2.45, 2.75) is 19.3 Å². The van der Waals surface area contributed by atoms with Crippen LogP contribution < -0.4 is 10.2 Å². The Morgan fingerprint density at radius 2 is 1.96 bits per heavy atom. The molecule has 132 valence electrons. The molecule has 0 unspecified atom stereocenters. The van der Waals surface area contributed by atoms with Gasteiger partial charge in [0, 0.05) is 19.3 Å². The second kappa shape index (κ2) is 7.30. The molecule has 0 aromatic carbocycles. The number of carbonyl (C=O) groups excluding carboxylic acids is 1. The molecule has 0 saturated carbocycles. The van der Waals surface area contributed by atoms with Gasteiger partial charge in [-0.1, -0.05) is 0 Å². The van der Waals surface area contributed by atoms with Crippen LogP contribution in [0.25, 0.3) is 5.82 Å². The molecule has 4 rings (SSSR count). The van der Waals surface area contributed by atoms with Gasteiger partial charge in [0.2, 0.25) is 0 Å². The number of pyridine rings is 2. The molecule has 26 heavy (non-hydrogen) atoms. The van der Waals surface area contributed by atoms with Crippen molar-refractivity contribution < 1.29 is 4.79 Å². The van der Waals surface area contributed by atoms with E-state index in [1.165, 1.54) is 12.7 Å². The Labute approximate surface area is 150 Å². The van der Waals surface area contributed by atoms with E-state index < -0.39 is 0 Å². The van der Waals surface area contributed by atoms with Crippen LogP contribution in [-0.4, -0.2) is 43.7 Å². The summed E-state index contributed by atoms with van der Waals surface area (Å²) in [5.74, 6) is 1.20. The molecule has 1 fully saturated rings. The number of aromatic nitrogens is 5. The van der Waals surface area contributed by atoms with Crippen molar-refractivity contribution in [3.8, 4) is 5.82 Å². The Morgan fingerprint density at radius 1 is 1.08 bits per heavy atom. The lowest BCUT2D eigenvalue weighted by Gasteiger charge is -2.29. The SMILES string of the molecule is O=C(Nc1ccc(-n2cncn2)nc1)c1cccnc1N1CCCCC1. The van der Waals surface area contributed by atoms with Crippen LogP contribution in [0.4, 0.5) is 11.5 Å². The summed E-state index contributed by atoms with van der Waals surface area (Å²) in [4.78, 5) is 27.6. The van der Waals surface area contributed by atoms with E-state index in [2.05, 4.69) is 30.3 Å². The van der Waals surface area contributed by atoms with Crippen LogP contribution in [0.15, 0.2) is 49.3 Å². The Bertz CT molecular complexity index is 871. The van der Waals surface area contributed by atoms with Crippen LogP contribution in [0.1, 0.15) is 29.6 Å². The zero-order chi connectivity index (χ0) is 17.8. The van der Waals surface area contributed by atoms with Crippen LogP contribution in [0.5, 0.6) is 0 Å². The van der Waals surface area contributed by atoms with E-state index in [9.17, 15) is 4.79 Å². The largest absolute Gasteiger partial charge is 0.356 e. The minimum absolute atomic E-state index is 0.186. The average Bonchev–Trinajstić information content (AvgIpc) is 3.24. The molecule has 0 radical (unpaired) electrons. The molecule has 1 saturated heterocycles. The Hall–Kier alpha value is -3.29. The van der Waals surface area contributed by atoms with Crippen molar-refractivity contribution in [1.82, 2.24) is 24.7 Å². The molecular formula is C18H19N7O. The first-order valence-corrected chi connectivity index (χ1v) is 8.63. The first-order chi connectivity index (χ1) is 12.8. The summed E-state index contributed by atoms with van der Waals surface area (Å²) in [5, 5.41) is 6.93. The molecule has 1 amide bonds. The monoisotopic (exact) mass is 349 g/mol. The summed E-state index contributed by atoms with van der Waals surface area (Å²) in [5.41, 5.74) is 1.20. The smallest absolute Gasteiger partial charge is 0.259 e. The van der Waals surface area contributed by atoms with Crippen molar-refractivity contribution in [2.24, 2.45) is 0 Å². The van der Waals surface area contributed by atoms with Gasteiger partial charge in [-0.05, 0) is 43.5 Å². The molecule has 3 aromatic rings. The van der Waals surface area contributed by atoms with Gasteiger partial charge < -0.3 is 10.2 Å². The van der Waals surface area contributed by atoms with E-state index in [1.807, 2.05) is 6.07 Å². The number of amides is 1. The van der Waals surface area contributed by atoms with Crippen LogP contribution in [-0.2, 0) is 0 Å². The van der Waals surface area contributed by atoms with Crippen LogP contribution in [0, 0.1) is 0 Å². The Morgan fingerprint density at radius 3 is 2.69 bits per heavy atom. The highest BCUT2D eigenvalue weighted by atomic mass is 16.1. The predicted octanol–water partition coefficient (Wildman–Crippen LogP) is 2.30. The molecule has 8 heteroatoms. The summed E-state index contributed by atoms with van der Waals surface area (Å²) >= 11 is 0. The lowest BCUT2D eigenvalue weighted by Crippen LogP contribution is -2.32. The van der Waals surface area contributed by atoms with Crippen molar-refractivity contribution in [3.63, 3.8) is 0 Å². The third-order valence-corrected chi connectivity index (χ3v) is 4.35. The number of nitrogens with one attached hydrogen (secondary N) is 1. The fraction of sp³-hybridized carbons (Fsp3) is 0.278. The minimum atomic E-state index is -0.186. The zero-order valence-electron chi connectivity index (χ0n) is 14.2. The summed E-state index contributed by atoms with van der Waals surface area (Å²) in [6, 6.07) is 7.16. The second-order valence-corrected chi connectivity index (χ2v) is 6.12. The molecule has 3 aromatic heterocycles. The van der Waals surface area contributed by atoms with Gasteiger partial charge in [0.05, 0.1) is 17.4 Å². The van der Waals surface area contributed by atoms with Crippen molar-refractivity contribution in [2.75, 3.05) is 23.3 Å². The highest BCUT2D eigenvalue weighted by Crippen LogP contribution is 2.22. The maximum Gasteiger partial charge on any atom is 0.259 e. The molecule has 0 bridgehead atoms. The standard InChI is InChI=1S/C18H19N7O/c26-18(15-5-4-8-20-17(15)24-9-2-1-3-10-24)23-14-6-7-16(21-11-14)25-13-19-12-22-25/h4-8,11-13H,1-3,9-10H2,(H,23,26). The number of nitrogens with zero attached hydrogens (tertiary/aromatic N) is 6. The minimum Gasteiger partial charge on any atom is -0.356 e. The predicted molar refractivity (Wildman–Crippen MR) is 97.4 cm³/mol. The quantitative estimate of drug-likeness (QED) is 0.777. The van der Waals surface area contributed by atoms with E-state index in [0.717, 1.165) is 31.7 Å². The maximum atomic E-state index is 12.8. The number of hydrogen-bond acceptors (Lipinski definition) is 6. The van der Waals surface area contributed by atoms with E-state index in [1.54, 1.807) is 41.6 Å². The average molecular weight is 349 g/mol. The first-order valence-electron chi connectivity index (χ1n) is 8.63. The van der Waals surface area contributed by atoms with Gasteiger partial charge in [-0.2, -0.15) is 5.10 Å². The highest BCUT2D eigenvalue weighted by Gasteiger charge is 2.19. The third kappa shape index (κ3) is 3.39. The number of piperidine rings is 1. The Kier molecular flexibility index (Phi) is 4.55. The van der Waals surface area contributed by atoms with Gasteiger partial charge in [0.15, 0.2) is 5.82 Å². The number of hydrogen-bond donors (Lipinski definition) is 1. The first kappa shape index (κ1) is 16.2. The highest BCUT2D eigenvalue weighted by molar-refractivity contribution is 6.07. The van der Waals surface area contributed by atoms with Gasteiger partial charge in [0.1, 0.15) is 18.5 Å². The zero-order valence-corrected chi connectivity index (χ0v) is 14.2. The number of carbonyl (C=O) groups is 1. The lowest BCUT2D eigenvalue weighted by molar-refractivity contribution is 0.102. The fourth-order valence-electron chi connectivity index (χ4n) is 3.05. The number of anilines is 2. The van der Waals surface area contributed by atoms with E-state index in [-0.39, 0.29) is 5.91 Å². The summed E-state index contributed by atoms with van der Waals surface area (Å²) in [7, 11) is 0. The van der Waals surface area contributed by atoms with E-state index >= 15 is 0 Å². The van der Waals surface area contributed by atoms with Crippen molar-refractivity contribution in [1.29, 1.82) is 0 Å². The normalized spacial score (nSPS) is 14.2. The molecule has 1 N–H and O–H groups in total. The van der Waals surface area contributed by atoms with Crippen LogP contribution in [0.3, 0.4) is 0 Å². The molecule has 0 spiro atoms. The Balaban J connectivity index is 1.51. The maximum absolute atomic E-state index is 12.8. The summed E-state index contributed by atoms with van der Waals surface area (Å²) < 4.78 is 1.56. The molecular weight excluding hydrogens is 330 g/mol. The molecule has 0 aliphatic carbocycles. The molecule has 0 atom stereocenters. The van der Waals surface area contributed by atoms with Gasteiger partial charge in [0.25, 0.3) is 5.91 Å². The lowest BCUT2D eigenvalue weighted by atomic mass is 10.1. The molecule has 1 aliphatic heterocycles. The number of rotatable bonds is 4. The van der Waals surface area contributed by atoms with Crippen LogP contribution in [0.2, 0.25) is 0 Å². The molecule has 4 heterocycles. The van der Waals surface area contributed by atoms with Crippen molar-refractivity contribution >= 4 is 17.4 Å². The van der Waals surface area contributed by atoms with E-state index in [4.69, 9.17) is 0 Å². The fourth-order valence-corrected chi connectivity index (χ4v) is 3.05. The molecule has 1 aliphatic rings. The van der Waals surface area contributed by atoms with Gasteiger partial charge in [-0.15, -0.1) is 0 Å². The van der Waals surface area contributed by atoms with Gasteiger partial charge >= 0.3 is 0 Å². The van der Waals surface area contributed by atoms with Crippen LogP contribution >= 0.6 is 0 Å². The second-order valence-electron chi connectivity index (χ2n) is 6.12. The summed E-state index contributed by atoms with van der Waals surface area (Å²) in [6.45, 7) is 1.87. The molecule has 8 nitrogen and oxygen atoms in total. The van der Waals surface area contributed by atoms with Gasteiger partial charge in [-0.3, -0.25) is 4.79 Å². The van der Waals surface area contributed by atoms with E-state index in [0.29, 0.717) is 17.1 Å². The van der Waals surface area contributed by atoms with Crippen molar-refractivity contribution in [3.05, 3.63) is 54.9 Å².